The van der Waals surface area contributed by atoms with E-state index in [-0.39, 0.29) is 11.9 Å². The number of fused-ring (bicyclic) bond motifs is 1. The molecule has 0 aliphatic carbocycles. The van der Waals surface area contributed by atoms with Crippen LogP contribution in [0.3, 0.4) is 0 Å². The Morgan fingerprint density at radius 3 is 2.88 bits per heavy atom. The van der Waals surface area contributed by atoms with Gasteiger partial charge in [-0.1, -0.05) is 19.1 Å². The first-order valence-corrected chi connectivity index (χ1v) is 6.46. The lowest BCUT2D eigenvalue weighted by molar-refractivity contribution is -0.128. The van der Waals surface area contributed by atoms with Crippen LogP contribution in [-0.2, 0) is 16.0 Å². The predicted molar refractivity (Wildman–Crippen MR) is 69.4 cm³/mol. The zero-order chi connectivity index (χ0) is 12.3. The minimum atomic E-state index is -0.304. The Kier molecular flexibility index (Phi) is 3.86. The second-order valence-corrected chi connectivity index (χ2v) is 4.97. The van der Waals surface area contributed by atoms with Crippen molar-refractivity contribution < 1.29 is 9.53 Å². The van der Waals surface area contributed by atoms with E-state index in [9.17, 15) is 4.79 Å². The van der Waals surface area contributed by atoms with Crippen LogP contribution in [0.15, 0.2) is 24.3 Å². The summed E-state index contributed by atoms with van der Waals surface area (Å²) in [4.78, 5) is 16.3. The van der Waals surface area contributed by atoms with Gasteiger partial charge < -0.3 is 4.74 Å². The topological polar surface area (TPSA) is 39.2 Å². The number of hydrogen-bond donors (Lipinski definition) is 0. The quantitative estimate of drug-likeness (QED) is 0.818. The van der Waals surface area contributed by atoms with Crippen molar-refractivity contribution in [2.45, 2.75) is 25.9 Å². The van der Waals surface area contributed by atoms with Gasteiger partial charge in [-0.3, -0.25) is 4.79 Å². The van der Waals surface area contributed by atoms with E-state index in [1.807, 2.05) is 31.2 Å². The Balaban J connectivity index is 2.15. The first kappa shape index (κ1) is 12.2. The summed E-state index contributed by atoms with van der Waals surface area (Å²) in [5.74, 6) is 0.106. The van der Waals surface area contributed by atoms with E-state index in [1.54, 1.807) is 18.4 Å². The number of carbonyl (C=O) groups excluding carboxylic acids is 1. The normalized spacial score (nSPS) is 12.8. The summed E-state index contributed by atoms with van der Waals surface area (Å²) >= 11 is 1.58. The molecular formula is C13H15NO2S. The van der Waals surface area contributed by atoms with Crippen LogP contribution in [0.2, 0.25) is 0 Å². The second-order valence-electron chi connectivity index (χ2n) is 3.85. The molecule has 1 heterocycles. The maximum atomic E-state index is 11.9. The fourth-order valence-corrected chi connectivity index (χ4v) is 2.76. The van der Waals surface area contributed by atoms with Crippen molar-refractivity contribution in [3.05, 3.63) is 29.3 Å². The van der Waals surface area contributed by atoms with E-state index in [4.69, 9.17) is 4.74 Å². The lowest BCUT2D eigenvalue weighted by atomic mass is 10.1. The molecule has 3 nitrogen and oxygen atoms in total. The predicted octanol–water partition coefficient (Wildman–Crippen LogP) is 2.83. The Bertz CT molecular complexity index is 484. The van der Waals surface area contributed by atoms with Crippen LogP contribution in [0, 0.1) is 0 Å². The minimum absolute atomic E-state index is 0.106. The van der Waals surface area contributed by atoms with Gasteiger partial charge in [0.25, 0.3) is 0 Å². The number of ketones is 1. The van der Waals surface area contributed by atoms with E-state index in [2.05, 4.69) is 4.98 Å². The number of carbonyl (C=O) groups is 1. The van der Waals surface area contributed by atoms with Crippen LogP contribution >= 0.6 is 11.3 Å². The number of nitrogens with zero attached hydrogens (tertiary/aromatic N) is 1. The fraction of sp³-hybridized carbons (Fsp3) is 0.385. The van der Waals surface area contributed by atoms with Crippen molar-refractivity contribution in [2.75, 3.05) is 7.11 Å². The summed E-state index contributed by atoms with van der Waals surface area (Å²) < 4.78 is 6.26. The Morgan fingerprint density at radius 2 is 2.24 bits per heavy atom. The van der Waals surface area contributed by atoms with Crippen LogP contribution in [-0.4, -0.2) is 24.0 Å². The smallest absolute Gasteiger partial charge is 0.168 e. The van der Waals surface area contributed by atoms with E-state index < -0.39 is 0 Å². The molecule has 0 aliphatic heterocycles. The summed E-state index contributed by atoms with van der Waals surface area (Å²) in [6, 6.07) is 7.93. The lowest BCUT2D eigenvalue weighted by Crippen LogP contribution is -2.23. The first-order chi connectivity index (χ1) is 8.24. The molecule has 0 bridgehead atoms. The molecule has 1 aromatic carbocycles. The molecule has 0 N–H and O–H groups in total. The Labute approximate surface area is 104 Å². The average Bonchev–Trinajstić information content (AvgIpc) is 2.72. The maximum absolute atomic E-state index is 11.9. The van der Waals surface area contributed by atoms with E-state index in [0.29, 0.717) is 12.8 Å². The number of thiazole rings is 1. The minimum Gasteiger partial charge on any atom is -0.374 e. The van der Waals surface area contributed by atoms with Gasteiger partial charge in [-0.15, -0.1) is 11.3 Å². The van der Waals surface area contributed by atoms with Gasteiger partial charge in [-0.2, -0.15) is 0 Å². The highest BCUT2D eigenvalue weighted by atomic mass is 32.1. The molecule has 0 aliphatic rings. The molecule has 0 fully saturated rings. The molecule has 0 spiro atoms. The average molecular weight is 249 g/mol. The van der Waals surface area contributed by atoms with Gasteiger partial charge in [0.15, 0.2) is 5.78 Å². The van der Waals surface area contributed by atoms with Crippen LogP contribution in [0.1, 0.15) is 18.4 Å². The van der Waals surface area contributed by atoms with Crippen molar-refractivity contribution in [3.63, 3.8) is 0 Å². The molecule has 0 radical (unpaired) electrons. The molecule has 90 valence electrons. The van der Waals surface area contributed by atoms with Crippen molar-refractivity contribution in [1.82, 2.24) is 4.98 Å². The van der Waals surface area contributed by atoms with E-state index >= 15 is 0 Å². The monoisotopic (exact) mass is 249 g/mol. The fourth-order valence-electron chi connectivity index (χ4n) is 1.78. The van der Waals surface area contributed by atoms with Crippen molar-refractivity contribution in [1.29, 1.82) is 0 Å². The van der Waals surface area contributed by atoms with Gasteiger partial charge in [-0.05, 0) is 18.6 Å². The SMILES string of the molecule is CCC(OC)C(=O)Cc1nc2ccccc2s1. The number of Topliss-reactive ketones (excluding diaryl/α,β-unsaturated/α-hetero) is 1. The number of hydrogen-bond acceptors (Lipinski definition) is 4. The first-order valence-electron chi connectivity index (χ1n) is 5.64. The number of aromatic nitrogens is 1. The van der Waals surface area contributed by atoms with Gasteiger partial charge in [0, 0.05) is 7.11 Å². The molecule has 1 aromatic heterocycles. The number of benzene rings is 1. The maximum Gasteiger partial charge on any atom is 0.168 e. The zero-order valence-corrected chi connectivity index (χ0v) is 10.8. The number of ether oxygens (including phenoxy) is 1. The summed E-state index contributed by atoms with van der Waals surface area (Å²) in [7, 11) is 1.57. The van der Waals surface area contributed by atoms with Crippen LogP contribution in [0.5, 0.6) is 0 Å². The third-order valence-corrected chi connectivity index (χ3v) is 3.71. The zero-order valence-electron chi connectivity index (χ0n) is 9.97. The van der Waals surface area contributed by atoms with E-state index in [0.717, 1.165) is 15.2 Å². The number of rotatable bonds is 5. The number of methoxy groups -OCH3 is 1. The second kappa shape index (κ2) is 5.38. The van der Waals surface area contributed by atoms with Gasteiger partial charge in [-0.25, -0.2) is 4.98 Å². The highest BCUT2D eigenvalue weighted by Crippen LogP contribution is 2.22. The van der Waals surface area contributed by atoms with Crippen LogP contribution < -0.4 is 0 Å². The Hall–Kier alpha value is -1.26. The lowest BCUT2D eigenvalue weighted by Gasteiger charge is -2.09. The molecule has 2 rings (SSSR count). The summed E-state index contributed by atoms with van der Waals surface area (Å²) in [6.07, 6.45) is 0.772. The molecule has 2 aromatic rings. The van der Waals surface area contributed by atoms with Crippen molar-refractivity contribution in [3.8, 4) is 0 Å². The van der Waals surface area contributed by atoms with Crippen molar-refractivity contribution in [2.24, 2.45) is 0 Å². The van der Waals surface area contributed by atoms with Crippen LogP contribution in [0.4, 0.5) is 0 Å². The van der Waals surface area contributed by atoms with Gasteiger partial charge in [0.2, 0.25) is 0 Å². The van der Waals surface area contributed by atoms with E-state index in [1.165, 1.54) is 0 Å². The molecule has 0 saturated heterocycles. The number of para-hydroxylation sites is 1. The van der Waals surface area contributed by atoms with Gasteiger partial charge >= 0.3 is 0 Å². The van der Waals surface area contributed by atoms with Gasteiger partial charge in [0.05, 0.1) is 16.6 Å². The molecule has 1 atom stereocenters. The summed E-state index contributed by atoms with van der Waals surface area (Å²) in [5.41, 5.74) is 0.964. The highest BCUT2D eigenvalue weighted by Gasteiger charge is 2.17. The standard InChI is InChI=1S/C13H15NO2S/c1-3-11(16-2)10(15)8-13-14-9-6-4-5-7-12(9)17-13/h4-7,11H,3,8H2,1-2H3. The summed E-state index contributed by atoms with van der Waals surface area (Å²) in [5, 5.41) is 0.867. The molecular weight excluding hydrogens is 234 g/mol. The molecule has 4 heteroatoms. The summed E-state index contributed by atoms with van der Waals surface area (Å²) in [6.45, 7) is 1.95. The molecule has 17 heavy (non-hydrogen) atoms. The van der Waals surface area contributed by atoms with Crippen LogP contribution in [0.25, 0.3) is 10.2 Å². The largest absolute Gasteiger partial charge is 0.374 e. The Morgan fingerprint density at radius 1 is 1.47 bits per heavy atom. The van der Waals surface area contributed by atoms with Gasteiger partial charge in [0.1, 0.15) is 11.1 Å². The third kappa shape index (κ3) is 2.70. The molecule has 1 unspecified atom stereocenters. The molecule has 0 saturated carbocycles. The molecule has 0 amide bonds. The third-order valence-electron chi connectivity index (χ3n) is 2.68. The van der Waals surface area contributed by atoms with Crippen molar-refractivity contribution >= 4 is 27.3 Å². The highest BCUT2D eigenvalue weighted by molar-refractivity contribution is 7.18.